The van der Waals surface area contributed by atoms with E-state index in [1.54, 1.807) is 6.08 Å². The van der Waals surface area contributed by atoms with Gasteiger partial charge in [0, 0.05) is 11.0 Å². The van der Waals surface area contributed by atoms with E-state index in [4.69, 9.17) is 5.11 Å². The van der Waals surface area contributed by atoms with Gasteiger partial charge in [-0.2, -0.15) is 0 Å². The Kier molecular flexibility index (Phi) is 4.77. The Bertz CT molecular complexity index is 724. The lowest BCUT2D eigenvalue weighted by atomic mass is 10.1. The molecule has 0 saturated carbocycles. The number of carboxylic acids is 1. The van der Waals surface area contributed by atoms with E-state index in [0.717, 1.165) is 14.7 Å². The first-order chi connectivity index (χ1) is 9.95. The van der Waals surface area contributed by atoms with Crippen molar-refractivity contribution in [2.75, 3.05) is 5.32 Å². The Balaban J connectivity index is 2.13. The molecule has 0 spiro atoms. The van der Waals surface area contributed by atoms with Crippen LogP contribution >= 0.6 is 27.3 Å². The molecule has 0 fully saturated rings. The maximum Gasteiger partial charge on any atom is 0.337 e. The number of carboxylic acid groups (broad SMARTS) is 1. The average Bonchev–Trinajstić information content (AvgIpc) is 2.84. The van der Waals surface area contributed by atoms with Crippen molar-refractivity contribution in [1.29, 1.82) is 0 Å². The van der Waals surface area contributed by atoms with Crippen molar-refractivity contribution in [3.8, 4) is 5.75 Å². The minimum absolute atomic E-state index is 0.127. The quantitative estimate of drug-likeness (QED) is 0.569. The first kappa shape index (κ1) is 15.3. The summed E-state index contributed by atoms with van der Waals surface area (Å²) in [6, 6.07) is 7.44. The van der Waals surface area contributed by atoms with Crippen LogP contribution in [0.4, 0.5) is 5.69 Å². The van der Waals surface area contributed by atoms with Crippen molar-refractivity contribution in [1.82, 2.24) is 0 Å². The van der Waals surface area contributed by atoms with Crippen molar-refractivity contribution in [2.24, 2.45) is 0 Å². The van der Waals surface area contributed by atoms with Gasteiger partial charge in [-0.05, 0) is 52.3 Å². The summed E-state index contributed by atoms with van der Waals surface area (Å²) in [6.45, 7) is 0. The van der Waals surface area contributed by atoms with Crippen LogP contribution in [0, 0.1) is 0 Å². The molecule has 0 saturated heterocycles. The number of thiophene rings is 1. The predicted molar refractivity (Wildman–Crippen MR) is 84.7 cm³/mol. The molecule has 0 aliphatic rings. The zero-order valence-corrected chi connectivity index (χ0v) is 12.9. The van der Waals surface area contributed by atoms with Gasteiger partial charge in [0.15, 0.2) is 0 Å². The normalized spacial score (nSPS) is 10.7. The molecule has 7 heteroatoms. The smallest absolute Gasteiger partial charge is 0.337 e. The SMILES string of the molecule is O=C(C=Cc1ccc(Br)s1)Nc1ccc(O)cc1C(=O)O. The fourth-order valence-electron chi connectivity index (χ4n) is 1.57. The maximum atomic E-state index is 11.8. The summed E-state index contributed by atoms with van der Waals surface area (Å²) in [6.07, 6.45) is 2.95. The number of carbonyl (C=O) groups is 2. The molecular formula is C14H10BrNO4S. The highest BCUT2D eigenvalue weighted by molar-refractivity contribution is 9.11. The van der Waals surface area contributed by atoms with E-state index in [1.165, 1.54) is 29.5 Å². The second kappa shape index (κ2) is 6.55. The number of phenols is 1. The van der Waals surface area contributed by atoms with E-state index < -0.39 is 11.9 Å². The van der Waals surface area contributed by atoms with Gasteiger partial charge in [-0.1, -0.05) is 0 Å². The maximum absolute atomic E-state index is 11.8. The zero-order valence-electron chi connectivity index (χ0n) is 10.5. The number of aromatic hydroxyl groups is 1. The number of nitrogens with one attached hydrogen (secondary N) is 1. The highest BCUT2D eigenvalue weighted by atomic mass is 79.9. The second-order valence-corrected chi connectivity index (χ2v) is 6.49. The molecular weight excluding hydrogens is 358 g/mol. The highest BCUT2D eigenvalue weighted by Gasteiger charge is 2.12. The van der Waals surface area contributed by atoms with Crippen LogP contribution in [0.1, 0.15) is 15.2 Å². The van der Waals surface area contributed by atoms with Gasteiger partial charge in [0.2, 0.25) is 5.91 Å². The number of hydrogen-bond donors (Lipinski definition) is 3. The Labute approximate surface area is 132 Å². The van der Waals surface area contributed by atoms with E-state index in [1.807, 2.05) is 12.1 Å². The molecule has 5 nitrogen and oxygen atoms in total. The first-order valence-corrected chi connectivity index (χ1v) is 7.37. The van der Waals surface area contributed by atoms with E-state index in [-0.39, 0.29) is 17.0 Å². The van der Waals surface area contributed by atoms with E-state index in [9.17, 15) is 14.7 Å². The fourth-order valence-corrected chi connectivity index (χ4v) is 2.89. The number of hydrogen-bond acceptors (Lipinski definition) is 4. The standard InChI is InChI=1S/C14H10BrNO4S/c15-12-5-2-9(21-12)3-6-13(18)16-11-4-1-8(17)7-10(11)14(19)20/h1-7,17H,(H,16,18)(H,19,20). The third kappa shape index (κ3) is 4.17. The lowest BCUT2D eigenvalue weighted by molar-refractivity contribution is -0.111. The van der Waals surface area contributed by atoms with Crippen molar-refractivity contribution < 1.29 is 19.8 Å². The molecule has 0 aliphatic carbocycles. The number of carbonyl (C=O) groups excluding carboxylic acids is 1. The van der Waals surface area contributed by atoms with Crippen LogP contribution in [-0.4, -0.2) is 22.1 Å². The van der Waals surface area contributed by atoms with Crippen LogP contribution in [0.15, 0.2) is 40.2 Å². The predicted octanol–water partition coefficient (Wildman–Crippen LogP) is 3.57. The third-order valence-electron chi connectivity index (χ3n) is 2.48. The van der Waals surface area contributed by atoms with Crippen LogP contribution in [0.3, 0.4) is 0 Å². The number of anilines is 1. The molecule has 0 radical (unpaired) electrons. The molecule has 0 atom stereocenters. The van der Waals surface area contributed by atoms with Crippen molar-refractivity contribution in [2.45, 2.75) is 0 Å². The van der Waals surface area contributed by atoms with Gasteiger partial charge >= 0.3 is 5.97 Å². The summed E-state index contributed by atoms with van der Waals surface area (Å²) in [5.74, 6) is -1.86. The lowest BCUT2D eigenvalue weighted by Gasteiger charge is -2.06. The molecule has 2 rings (SSSR count). The summed E-state index contributed by atoms with van der Waals surface area (Å²) >= 11 is 4.79. The molecule has 0 bridgehead atoms. The van der Waals surface area contributed by atoms with Gasteiger partial charge in [0.25, 0.3) is 0 Å². The minimum Gasteiger partial charge on any atom is -0.508 e. The number of amides is 1. The Morgan fingerprint density at radius 2 is 2.00 bits per heavy atom. The van der Waals surface area contributed by atoms with Gasteiger partial charge < -0.3 is 15.5 Å². The van der Waals surface area contributed by atoms with Crippen LogP contribution in [-0.2, 0) is 4.79 Å². The first-order valence-electron chi connectivity index (χ1n) is 5.76. The second-order valence-electron chi connectivity index (χ2n) is 4.00. The Hall–Kier alpha value is -2.12. The zero-order chi connectivity index (χ0) is 15.4. The fraction of sp³-hybridized carbons (Fsp3) is 0. The summed E-state index contributed by atoms with van der Waals surface area (Å²) in [5, 5.41) is 20.8. The number of rotatable bonds is 4. The third-order valence-corrected chi connectivity index (χ3v) is 4.07. The van der Waals surface area contributed by atoms with E-state index in [2.05, 4.69) is 21.2 Å². The van der Waals surface area contributed by atoms with Gasteiger partial charge in [-0.3, -0.25) is 4.79 Å². The Morgan fingerprint density at radius 3 is 2.62 bits per heavy atom. The highest BCUT2D eigenvalue weighted by Crippen LogP contribution is 2.24. The molecule has 1 heterocycles. The molecule has 0 aliphatic heterocycles. The minimum atomic E-state index is -1.23. The number of phenolic OH excluding ortho intramolecular Hbond substituents is 1. The van der Waals surface area contributed by atoms with E-state index >= 15 is 0 Å². The van der Waals surface area contributed by atoms with Crippen LogP contribution in [0.5, 0.6) is 5.75 Å². The largest absolute Gasteiger partial charge is 0.508 e. The molecule has 2 aromatic rings. The monoisotopic (exact) mass is 367 g/mol. The number of aromatic carboxylic acids is 1. The average molecular weight is 368 g/mol. The van der Waals surface area contributed by atoms with Gasteiger partial charge in [-0.15, -0.1) is 11.3 Å². The molecule has 108 valence electrons. The molecule has 1 aromatic heterocycles. The summed E-state index contributed by atoms with van der Waals surface area (Å²) in [7, 11) is 0. The Morgan fingerprint density at radius 1 is 1.24 bits per heavy atom. The van der Waals surface area contributed by atoms with E-state index in [0.29, 0.717) is 0 Å². The molecule has 0 unspecified atom stereocenters. The topological polar surface area (TPSA) is 86.6 Å². The van der Waals surface area contributed by atoms with Gasteiger partial charge in [-0.25, -0.2) is 4.79 Å². The van der Waals surface area contributed by atoms with Crippen LogP contribution in [0.25, 0.3) is 6.08 Å². The molecule has 1 amide bonds. The number of halogens is 1. The van der Waals surface area contributed by atoms with Crippen molar-refractivity contribution >= 4 is 50.9 Å². The van der Waals surface area contributed by atoms with Crippen molar-refractivity contribution in [3.05, 3.63) is 50.6 Å². The molecule has 21 heavy (non-hydrogen) atoms. The van der Waals surface area contributed by atoms with Crippen LogP contribution < -0.4 is 5.32 Å². The summed E-state index contributed by atoms with van der Waals surface area (Å²) in [4.78, 5) is 23.7. The van der Waals surface area contributed by atoms with Crippen LogP contribution in [0.2, 0.25) is 0 Å². The molecule has 3 N–H and O–H groups in total. The number of benzene rings is 1. The van der Waals surface area contributed by atoms with Gasteiger partial charge in [0.05, 0.1) is 15.0 Å². The summed E-state index contributed by atoms with van der Waals surface area (Å²) < 4.78 is 0.953. The molecule has 1 aromatic carbocycles. The lowest BCUT2D eigenvalue weighted by Crippen LogP contribution is -2.11. The van der Waals surface area contributed by atoms with Crippen molar-refractivity contribution in [3.63, 3.8) is 0 Å². The summed E-state index contributed by atoms with van der Waals surface area (Å²) in [5.41, 5.74) is -0.0436. The van der Waals surface area contributed by atoms with Gasteiger partial charge in [0.1, 0.15) is 5.75 Å².